The van der Waals surface area contributed by atoms with Crippen molar-refractivity contribution in [2.45, 2.75) is 31.9 Å². The first-order valence-electron chi connectivity index (χ1n) is 13.2. The van der Waals surface area contributed by atoms with Crippen LogP contribution in [0.1, 0.15) is 42.4 Å². The van der Waals surface area contributed by atoms with Crippen LogP contribution in [0.25, 0.3) is 22.0 Å². The monoisotopic (exact) mass is 565 g/mol. The molecule has 0 fully saturated rings. The van der Waals surface area contributed by atoms with Crippen LogP contribution in [-0.4, -0.2) is 47.7 Å². The van der Waals surface area contributed by atoms with E-state index < -0.39 is 18.4 Å². The molecule has 0 saturated heterocycles. The predicted molar refractivity (Wildman–Crippen MR) is 153 cm³/mol. The van der Waals surface area contributed by atoms with Gasteiger partial charge < -0.3 is 14.6 Å². The van der Waals surface area contributed by atoms with Gasteiger partial charge in [0.05, 0.1) is 13.0 Å². The lowest BCUT2D eigenvalue weighted by atomic mass is 9.88. The molecule has 41 heavy (non-hydrogen) atoms. The van der Waals surface area contributed by atoms with Crippen molar-refractivity contribution in [1.82, 2.24) is 14.9 Å². The summed E-state index contributed by atoms with van der Waals surface area (Å²) in [5.41, 5.74) is 2.22. The number of alkyl halides is 3. The number of halogens is 4. The molecular formula is C32H31F4N3O2. The molecular weight excluding hydrogens is 534 g/mol. The number of pyridine rings is 1. The van der Waals surface area contributed by atoms with Crippen LogP contribution in [0.3, 0.4) is 0 Å². The standard InChI is InChI=1S/C32H31F4N3O2/c1-39(2)30(40)12-8-3-4-9-17-41-29-16-14-24(20-38-29)31(23-13-15-28-25(18-23)27(33)21-37-28)26(19-32(34,35)36)22-10-6-5-7-11-22/h5-8,10-16,18,20-21,37H,3-4,9,17,19H2,1-2H3/b12-8+,31-26-. The van der Waals surface area contributed by atoms with Gasteiger partial charge in [0.15, 0.2) is 0 Å². The van der Waals surface area contributed by atoms with Gasteiger partial charge in [0.2, 0.25) is 11.8 Å². The number of hydrogen-bond donors (Lipinski definition) is 1. The van der Waals surface area contributed by atoms with E-state index in [1.54, 1.807) is 74.8 Å². The summed E-state index contributed by atoms with van der Waals surface area (Å²) in [5, 5.41) is 0.285. The molecule has 9 heteroatoms. The van der Waals surface area contributed by atoms with Crippen molar-refractivity contribution in [1.29, 1.82) is 0 Å². The molecule has 5 nitrogen and oxygen atoms in total. The number of likely N-dealkylation sites (N-methyl/N-ethyl adjacent to an activating group) is 1. The third-order valence-electron chi connectivity index (χ3n) is 6.46. The van der Waals surface area contributed by atoms with Crippen molar-refractivity contribution in [2.75, 3.05) is 20.7 Å². The van der Waals surface area contributed by atoms with Crippen LogP contribution in [0, 0.1) is 5.82 Å². The zero-order valence-corrected chi connectivity index (χ0v) is 22.8. The lowest BCUT2D eigenvalue weighted by Crippen LogP contribution is -2.18. The fraction of sp³-hybridized carbons (Fsp3) is 0.250. The highest BCUT2D eigenvalue weighted by Crippen LogP contribution is 2.40. The Morgan fingerprint density at radius 2 is 1.76 bits per heavy atom. The van der Waals surface area contributed by atoms with Crippen LogP contribution in [-0.2, 0) is 4.79 Å². The molecule has 1 N–H and O–H groups in total. The molecule has 1 amide bonds. The first-order chi connectivity index (χ1) is 19.6. The number of ether oxygens (including phenoxy) is 1. The Balaban J connectivity index is 1.61. The SMILES string of the molecule is CN(C)C(=O)/C=C/CCCCOc1ccc(/C(=C(/CC(F)(F)F)c2ccccc2)c2ccc3[nH]cc(F)c3c2)cn1. The van der Waals surface area contributed by atoms with E-state index >= 15 is 0 Å². The maximum absolute atomic E-state index is 14.4. The molecule has 0 atom stereocenters. The number of aromatic amines is 1. The molecule has 2 heterocycles. The van der Waals surface area contributed by atoms with E-state index in [1.165, 1.54) is 23.4 Å². The van der Waals surface area contributed by atoms with E-state index in [1.807, 2.05) is 6.08 Å². The second kappa shape index (κ2) is 13.3. The molecule has 0 bridgehead atoms. The molecule has 0 radical (unpaired) electrons. The Bertz CT molecular complexity index is 1520. The number of allylic oxidation sites excluding steroid dienone is 2. The summed E-state index contributed by atoms with van der Waals surface area (Å²) in [6.07, 6.45) is 2.70. The van der Waals surface area contributed by atoms with Gasteiger partial charge in [-0.2, -0.15) is 13.2 Å². The summed E-state index contributed by atoms with van der Waals surface area (Å²) in [6.45, 7) is 0.400. The zero-order chi connectivity index (χ0) is 29.4. The molecule has 4 rings (SSSR count). The number of amides is 1. The summed E-state index contributed by atoms with van der Waals surface area (Å²) in [4.78, 5) is 20.2. The topological polar surface area (TPSA) is 58.2 Å². The van der Waals surface area contributed by atoms with Crippen LogP contribution < -0.4 is 4.74 Å². The molecule has 0 aliphatic carbocycles. The minimum absolute atomic E-state index is 0.0599. The minimum atomic E-state index is -4.48. The molecule has 214 valence electrons. The van der Waals surface area contributed by atoms with E-state index in [4.69, 9.17) is 4.74 Å². The molecule has 0 saturated carbocycles. The number of carbonyl (C=O) groups is 1. The Labute approximate surface area is 236 Å². The highest BCUT2D eigenvalue weighted by atomic mass is 19.4. The van der Waals surface area contributed by atoms with Crippen LogP contribution in [0.15, 0.2) is 85.2 Å². The highest BCUT2D eigenvalue weighted by molar-refractivity contribution is 6.00. The smallest absolute Gasteiger partial charge is 0.393 e. The average Bonchev–Trinajstić information content (AvgIpc) is 3.32. The van der Waals surface area contributed by atoms with Gasteiger partial charge in [-0.15, -0.1) is 0 Å². The number of fused-ring (bicyclic) bond motifs is 1. The number of hydrogen-bond acceptors (Lipinski definition) is 3. The summed E-state index contributed by atoms with van der Waals surface area (Å²) >= 11 is 0. The van der Waals surface area contributed by atoms with Gasteiger partial charge in [0, 0.05) is 49.0 Å². The van der Waals surface area contributed by atoms with E-state index in [0.717, 1.165) is 19.3 Å². The van der Waals surface area contributed by atoms with Crippen molar-refractivity contribution < 1.29 is 27.1 Å². The Hall–Kier alpha value is -4.40. The normalized spacial score (nSPS) is 12.5. The van der Waals surface area contributed by atoms with Gasteiger partial charge in [-0.05, 0) is 65.8 Å². The number of aromatic nitrogens is 2. The summed E-state index contributed by atoms with van der Waals surface area (Å²) in [5.74, 6) is -0.210. The third kappa shape index (κ3) is 8.06. The van der Waals surface area contributed by atoms with E-state index in [2.05, 4.69) is 9.97 Å². The zero-order valence-electron chi connectivity index (χ0n) is 22.8. The molecule has 2 aromatic heterocycles. The maximum atomic E-state index is 14.4. The number of H-pyrrole nitrogens is 1. The molecule has 0 spiro atoms. The van der Waals surface area contributed by atoms with E-state index in [0.29, 0.717) is 40.3 Å². The number of nitrogens with one attached hydrogen (secondary N) is 1. The summed E-state index contributed by atoms with van der Waals surface area (Å²) in [7, 11) is 3.38. The van der Waals surface area contributed by atoms with Crippen LogP contribution in [0.5, 0.6) is 5.88 Å². The second-order valence-electron chi connectivity index (χ2n) is 9.77. The summed E-state index contributed by atoms with van der Waals surface area (Å²) in [6, 6.07) is 16.6. The van der Waals surface area contributed by atoms with Gasteiger partial charge in [-0.3, -0.25) is 4.79 Å². The van der Waals surface area contributed by atoms with Crippen LogP contribution in [0.4, 0.5) is 17.6 Å². The van der Waals surface area contributed by atoms with Gasteiger partial charge in [0.25, 0.3) is 0 Å². The summed E-state index contributed by atoms with van der Waals surface area (Å²) < 4.78 is 61.8. The van der Waals surface area contributed by atoms with E-state index in [-0.39, 0.29) is 16.9 Å². The number of carbonyl (C=O) groups excluding carboxylic acids is 1. The Morgan fingerprint density at radius 1 is 1.00 bits per heavy atom. The molecule has 0 unspecified atom stereocenters. The highest BCUT2D eigenvalue weighted by Gasteiger charge is 2.31. The van der Waals surface area contributed by atoms with Crippen molar-refractivity contribution in [2.24, 2.45) is 0 Å². The molecule has 2 aromatic carbocycles. The number of benzene rings is 2. The van der Waals surface area contributed by atoms with E-state index in [9.17, 15) is 22.4 Å². The third-order valence-corrected chi connectivity index (χ3v) is 6.46. The molecule has 0 aliphatic heterocycles. The lowest BCUT2D eigenvalue weighted by molar-refractivity contribution is -0.124. The predicted octanol–water partition coefficient (Wildman–Crippen LogP) is 7.81. The fourth-order valence-electron chi connectivity index (χ4n) is 4.42. The van der Waals surface area contributed by atoms with Gasteiger partial charge in [0.1, 0.15) is 5.82 Å². The number of nitrogens with zero attached hydrogens (tertiary/aromatic N) is 2. The lowest BCUT2D eigenvalue weighted by Gasteiger charge is -2.19. The van der Waals surface area contributed by atoms with Crippen molar-refractivity contribution in [3.05, 3.63) is 108 Å². The second-order valence-corrected chi connectivity index (χ2v) is 9.77. The van der Waals surface area contributed by atoms with Crippen molar-refractivity contribution in [3.8, 4) is 5.88 Å². The minimum Gasteiger partial charge on any atom is -0.478 e. The fourth-order valence-corrected chi connectivity index (χ4v) is 4.42. The number of unbranched alkanes of at least 4 members (excludes halogenated alkanes) is 2. The quantitative estimate of drug-likeness (QED) is 0.0874. The molecule has 0 aliphatic rings. The van der Waals surface area contributed by atoms with Crippen LogP contribution >= 0.6 is 0 Å². The van der Waals surface area contributed by atoms with Crippen molar-refractivity contribution >= 4 is 28.0 Å². The first-order valence-corrected chi connectivity index (χ1v) is 13.2. The van der Waals surface area contributed by atoms with Gasteiger partial charge in [-0.25, -0.2) is 9.37 Å². The van der Waals surface area contributed by atoms with Gasteiger partial charge >= 0.3 is 6.18 Å². The van der Waals surface area contributed by atoms with Gasteiger partial charge in [-0.1, -0.05) is 42.5 Å². The average molecular weight is 566 g/mol. The largest absolute Gasteiger partial charge is 0.478 e. The van der Waals surface area contributed by atoms with Crippen LogP contribution in [0.2, 0.25) is 0 Å². The van der Waals surface area contributed by atoms with Crippen molar-refractivity contribution in [3.63, 3.8) is 0 Å². The maximum Gasteiger partial charge on any atom is 0.393 e. The molecule has 4 aromatic rings. The number of rotatable bonds is 11. The Kier molecular flexibility index (Phi) is 9.60. The Morgan fingerprint density at radius 3 is 2.44 bits per heavy atom. The first kappa shape index (κ1) is 29.6.